The predicted octanol–water partition coefficient (Wildman–Crippen LogP) is 7.77. The van der Waals surface area contributed by atoms with Crippen molar-refractivity contribution in [3.05, 3.63) is 122 Å². The monoisotopic (exact) mass is 512 g/mol. The highest BCUT2D eigenvalue weighted by Crippen LogP contribution is 2.46. The minimum absolute atomic E-state index is 0.853. The maximum absolute atomic E-state index is 4.91. The van der Waals surface area contributed by atoms with Crippen molar-refractivity contribution in [2.45, 2.75) is 0 Å². The summed E-state index contributed by atoms with van der Waals surface area (Å²) in [6, 6.07) is 33.9. The summed E-state index contributed by atoms with van der Waals surface area (Å²) in [5, 5.41) is 5.57. The van der Waals surface area contributed by atoms with Gasteiger partial charge in [-0.15, -0.1) is 0 Å². The third kappa shape index (κ3) is 2.71. The van der Waals surface area contributed by atoms with Crippen LogP contribution in [0.15, 0.2) is 122 Å². The Hall–Kier alpha value is -5.62. The molecular formula is C34H20N6. The molecule has 0 N–H and O–H groups in total. The molecule has 0 amide bonds. The van der Waals surface area contributed by atoms with Crippen molar-refractivity contribution in [2.75, 3.05) is 0 Å². The topological polar surface area (TPSA) is 61.4 Å². The van der Waals surface area contributed by atoms with E-state index in [9.17, 15) is 0 Å². The normalized spacial score (nSPS) is 12.0. The lowest BCUT2D eigenvalue weighted by molar-refractivity contribution is 1.15. The van der Waals surface area contributed by atoms with Crippen LogP contribution in [0.3, 0.4) is 0 Å². The van der Waals surface area contributed by atoms with Crippen molar-refractivity contribution < 1.29 is 0 Å². The first-order valence-electron chi connectivity index (χ1n) is 13.2. The molecule has 186 valence electrons. The van der Waals surface area contributed by atoms with Gasteiger partial charge < -0.3 is 9.13 Å². The fourth-order valence-electron chi connectivity index (χ4n) is 6.41. The first-order chi connectivity index (χ1) is 19.9. The standard InChI is InChI=1S/C34H20N6/c1-2-9-21(10-3-1)39-26-14-6-4-11-22(26)29-24-19-35-20-38-31(24)30-23-12-5-7-15-27(23)40(34(30)33(29)39)28-16-8-13-25-32(28)37-18-17-36-25/h1-20H. The molecule has 0 aliphatic carbocycles. The van der Waals surface area contributed by atoms with Gasteiger partial charge in [0.05, 0.1) is 38.8 Å². The lowest BCUT2D eigenvalue weighted by Gasteiger charge is -2.14. The van der Waals surface area contributed by atoms with E-state index in [0.29, 0.717) is 0 Å². The zero-order valence-corrected chi connectivity index (χ0v) is 21.2. The third-order valence-corrected chi connectivity index (χ3v) is 7.92. The van der Waals surface area contributed by atoms with Gasteiger partial charge in [-0.3, -0.25) is 9.97 Å². The summed E-state index contributed by atoms with van der Waals surface area (Å²) in [5.41, 5.74) is 9.15. The van der Waals surface area contributed by atoms with Crippen LogP contribution in [0.2, 0.25) is 0 Å². The van der Waals surface area contributed by atoms with Crippen molar-refractivity contribution >= 4 is 65.5 Å². The lowest BCUT2D eigenvalue weighted by atomic mass is 10.0. The van der Waals surface area contributed by atoms with Gasteiger partial charge in [0.25, 0.3) is 0 Å². The predicted molar refractivity (Wildman–Crippen MR) is 161 cm³/mol. The Bertz CT molecular complexity index is 2430. The first-order valence-corrected chi connectivity index (χ1v) is 13.2. The summed E-state index contributed by atoms with van der Waals surface area (Å²) >= 11 is 0. The van der Waals surface area contributed by atoms with E-state index in [1.165, 1.54) is 0 Å². The molecule has 4 heterocycles. The van der Waals surface area contributed by atoms with Gasteiger partial charge in [-0.2, -0.15) is 0 Å². The number of fused-ring (bicyclic) bond motifs is 11. The zero-order chi connectivity index (χ0) is 26.2. The Labute approximate surface area is 227 Å². The molecule has 0 fully saturated rings. The Morgan fingerprint density at radius 3 is 2.05 bits per heavy atom. The molecule has 0 unspecified atom stereocenters. The number of nitrogens with zero attached hydrogens (tertiary/aromatic N) is 6. The van der Waals surface area contributed by atoms with Gasteiger partial charge in [-0.25, -0.2) is 9.97 Å². The van der Waals surface area contributed by atoms with E-state index in [0.717, 1.165) is 76.9 Å². The maximum atomic E-state index is 4.91. The summed E-state index contributed by atoms with van der Waals surface area (Å²) in [5.74, 6) is 0. The molecular weight excluding hydrogens is 492 g/mol. The molecule has 0 aliphatic heterocycles. The van der Waals surface area contributed by atoms with Crippen LogP contribution in [0.25, 0.3) is 76.9 Å². The number of hydrogen-bond acceptors (Lipinski definition) is 4. The van der Waals surface area contributed by atoms with Gasteiger partial charge in [0, 0.05) is 51.2 Å². The van der Waals surface area contributed by atoms with Crippen LogP contribution >= 0.6 is 0 Å². The molecule has 0 spiro atoms. The SMILES string of the molecule is c1ccc(-n2c3ccccc3c3c4cncnc4c4c5ccccc5n(-c5cccc6nccnc56)c4c32)cc1. The molecule has 0 saturated carbocycles. The Morgan fingerprint density at radius 2 is 1.20 bits per heavy atom. The van der Waals surface area contributed by atoms with E-state index in [1.54, 1.807) is 18.7 Å². The summed E-state index contributed by atoms with van der Waals surface area (Å²) in [4.78, 5) is 18.8. The smallest absolute Gasteiger partial charge is 0.116 e. The van der Waals surface area contributed by atoms with Crippen LogP contribution in [-0.2, 0) is 0 Å². The Balaban J connectivity index is 1.67. The van der Waals surface area contributed by atoms with Crippen molar-refractivity contribution in [1.82, 2.24) is 29.1 Å². The quantitative estimate of drug-likeness (QED) is 0.237. The summed E-state index contributed by atoms with van der Waals surface area (Å²) < 4.78 is 4.73. The number of hydrogen-bond donors (Lipinski definition) is 0. The second-order valence-corrected chi connectivity index (χ2v) is 9.97. The number of benzene rings is 5. The number of aromatic nitrogens is 6. The highest BCUT2D eigenvalue weighted by Gasteiger charge is 2.25. The minimum atomic E-state index is 0.853. The average Bonchev–Trinajstić information content (AvgIpc) is 3.55. The van der Waals surface area contributed by atoms with E-state index >= 15 is 0 Å². The highest BCUT2D eigenvalue weighted by atomic mass is 15.1. The van der Waals surface area contributed by atoms with Gasteiger partial charge in [-0.1, -0.05) is 60.7 Å². The van der Waals surface area contributed by atoms with E-state index in [4.69, 9.17) is 9.97 Å². The minimum Gasteiger partial charge on any atom is -0.307 e. The Kier molecular flexibility index (Phi) is 4.24. The zero-order valence-electron chi connectivity index (χ0n) is 21.2. The highest BCUT2D eigenvalue weighted by molar-refractivity contribution is 6.35. The van der Waals surface area contributed by atoms with Gasteiger partial charge in [0.15, 0.2) is 0 Å². The molecule has 5 aromatic carbocycles. The lowest BCUT2D eigenvalue weighted by Crippen LogP contribution is -2.01. The molecule has 9 rings (SSSR count). The summed E-state index contributed by atoms with van der Waals surface area (Å²) in [7, 11) is 0. The molecule has 0 bridgehead atoms. The number of rotatable bonds is 2. The Morgan fingerprint density at radius 1 is 0.500 bits per heavy atom. The molecule has 40 heavy (non-hydrogen) atoms. The summed E-state index contributed by atoms with van der Waals surface area (Å²) in [6.07, 6.45) is 7.12. The van der Waals surface area contributed by atoms with Crippen LogP contribution in [-0.4, -0.2) is 29.1 Å². The van der Waals surface area contributed by atoms with Crippen LogP contribution in [0.1, 0.15) is 0 Å². The van der Waals surface area contributed by atoms with Crippen LogP contribution in [0.4, 0.5) is 0 Å². The molecule has 4 aromatic heterocycles. The molecule has 0 atom stereocenters. The van der Waals surface area contributed by atoms with E-state index < -0.39 is 0 Å². The van der Waals surface area contributed by atoms with Crippen molar-refractivity contribution in [1.29, 1.82) is 0 Å². The van der Waals surface area contributed by atoms with Gasteiger partial charge in [0.1, 0.15) is 11.8 Å². The van der Waals surface area contributed by atoms with Crippen LogP contribution in [0.5, 0.6) is 0 Å². The van der Waals surface area contributed by atoms with Crippen molar-refractivity contribution in [3.63, 3.8) is 0 Å². The average molecular weight is 513 g/mol. The molecule has 9 aromatic rings. The third-order valence-electron chi connectivity index (χ3n) is 7.92. The second kappa shape index (κ2) is 7.94. The molecule has 6 heteroatoms. The number of para-hydroxylation sites is 4. The van der Waals surface area contributed by atoms with E-state index in [-0.39, 0.29) is 0 Å². The molecule has 0 radical (unpaired) electrons. The maximum Gasteiger partial charge on any atom is 0.116 e. The van der Waals surface area contributed by atoms with E-state index in [1.807, 2.05) is 12.3 Å². The fraction of sp³-hybridized carbons (Fsp3) is 0. The van der Waals surface area contributed by atoms with Crippen LogP contribution in [0, 0.1) is 0 Å². The van der Waals surface area contributed by atoms with Gasteiger partial charge in [-0.05, 0) is 36.4 Å². The van der Waals surface area contributed by atoms with E-state index in [2.05, 4.69) is 110 Å². The molecule has 0 aliphatic rings. The van der Waals surface area contributed by atoms with Gasteiger partial charge in [0.2, 0.25) is 0 Å². The first kappa shape index (κ1) is 21.3. The fourth-order valence-corrected chi connectivity index (χ4v) is 6.41. The molecule has 6 nitrogen and oxygen atoms in total. The second-order valence-electron chi connectivity index (χ2n) is 9.97. The van der Waals surface area contributed by atoms with Crippen molar-refractivity contribution in [3.8, 4) is 11.4 Å². The summed E-state index contributed by atoms with van der Waals surface area (Å²) in [6.45, 7) is 0. The van der Waals surface area contributed by atoms with Crippen LogP contribution < -0.4 is 0 Å². The molecule has 0 saturated heterocycles. The van der Waals surface area contributed by atoms with Gasteiger partial charge >= 0.3 is 0 Å². The largest absolute Gasteiger partial charge is 0.307 e. The van der Waals surface area contributed by atoms with Crippen molar-refractivity contribution in [2.24, 2.45) is 0 Å².